The van der Waals surface area contributed by atoms with Crippen LogP contribution in [0, 0.1) is 0 Å². The van der Waals surface area contributed by atoms with Gasteiger partial charge in [0.1, 0.15) is 6.61 Å². The molecule has 62 valence electrons. The van der Waals surface area contributed by atoms with Crippen molar-refractivity contribution in [2.75, 3.05) is 5.73 Å². The van der Waals surface area contributed by atoms with Crippen molar-refractivity contribution in [2.24, 2.45) is 0 Å². The lowest BCUT2D eigenvalue weighted by molar-refractivity contribution is 0.0521. The highest BCUT2D eigenvalue weighted by Gasteiger charge is 2.01. The topological polar surface area (TPSA) is 61.3 Å². The number of hydrogen-bond donors (Lipinski definition) is 1. The number of nitrogen functional groups attached to an aromatic ring is 1. The monoisotopic (exact) mass is 156 g/mol. The summed E-state index contributed by atoms with van der Waals surface area (Å²) in [6, 6.07) is 0. The van der Waals surface area contributed by atoms with Crippen molar-refractivity contribution in [2.45, 2.75) is 26.6 Å². The van der Waals surface area contributed by atoms with Gasteiger partial charge in [-0.25, -0.2) is 4.98 Å². The molecule has 11 heavy (non-hydrogen) atoms. The van der Waals surface area contributed by atoms with E-state index in [4.69, 9.17) is 14.9 Å². The number of oxazole rings is 1. The van der Waals surface area contributed by atoms with Crippen LogP contribution in [0.25, 0.3) is 0 Å². The van der Waals surface area contributed by atoms with Crippen LogP contribution in [0.1, 0.15) is 19.7 Å². The minimum atomic E-state index is 0.183. The lowest BCUT2D eigenvalue weighted by Gasteiger charge is -2.02. The van der Waals surface area contributed by atoms with E-state index in [2.05, 4.69) is 4.98 Å². The molecule has 0 amide bonds. The van der Waals surface area contributed by atoms with Gasteiger partial charge in [-0.2, -0.15) is 0 Å². The van der Waals surface area contributed by atoms with Crippen LogP contribution in [-0.2, 0) is 11.3 Å². The lowest BCUT2D eigenvalue weighted by Crippen LogP contribution is -2.02. The van der Waals surface area contributed by atoms with Gasteiger partial charge < -0.3 is 14.9 Å². The Morgan fingerprint density at radius 2 is 2.45 bits per heavy atom. The predicted molar refractivity (Wildman–Crippen MR) is 40.8 cm³/mol. The zero-order chi connectivity index (χ0) is 8.27. The van der Waals surface area contributed by atoms with Crippen molar-refractivity contribution < 1.29 is 9.15 Å². The van der Waals surface area contributed by atoms with Gasteiger partial charge in [-0.3, -0.25) is 0 Å². The summed E-state index contributed by atoms with van der Waals surface area (Å²) in [6.07, 6.45) is 1.65. The van der Waals surface area contributed by atoms with Crippen LogP contribution in [0.2, 0.25) is 0 Å². The van der Waals surface area contributed by atoms with Crippen LogP contribution in [-0.4, -0.2) is 11.1 Å². The van der Waals surface area contributed by atoms with Gasteiger partial charge in [0.25, 0.3) is 0 Å². The van der Waals surface area contributed by atoms with E-state index < -0.39 is 0 Å². The summed E-state index contributed by atoms with van der Waals surface area (Å²) in [5, 5.41) is 0. The Morgan fingerprint density at radius 3 is 2.91 bits per heavy atom. The van der Waals surface area contributed by atoms with Gasteiger partial charge in [0.05, 0.1) is 12.3 Å². The number of aromatic nitrogens is 1. The number of nitrogens with zero attached hydrogens (tertiary/aromatic N) is 1. The van der Waals surface area contributed by atoms with Crippen molar-refractivity contribution in [3.8, 4) is 0 Å². The van der Waals surface area contributed by atoms with Gasteiger partial charge >= 0.3 is 0 Å². The molecule has 4 nitrogen and oxygen atoms in total. The fourth-order valence-corrected chi connectivity index (χ4v) is 0.629. The van der Waals surface area contributed by atoms with Crippen LogP contribution >= 0.6 is 0 Å². The number of ether oxygens (including phenoxy) is 1. The van der Waals surface area contributed by atoms with E-state index in [1.54, 1.807) is 0 Å². The van der Waals surface area contributed by atoms with Crippen molar-refractivity contribution in [1.29, 1.82) is 0 Å². The Kier molecular flexibility index (Phi) is 2.48. The quantitative estimate of drug-likeness (QED) is 0.713. The average molecular weight is 156 g/mol. The molecule has 0 aromatic carbocycles. The molecule has 2 N–H and O–H groups in total. The zero-order valence-corrected chi connectivity index (χ0v) is 6.70. The zero-order valence-electron chi connectivity index (χ0n) is 6.70. The van der Waals surface area contributed by atoms with Gasteiger partial charge in [0.15, 0.2) is 0 Å². The molecule has 4 heteroatoms. The molecule has 0 radical (unpaired) electrons. The number of hydrogen-bond acceptors (Lipinski definition) is 4. The predicted octanol–water partition coefficient (Wildman–Crippen LogP) is 1.18. The van der Waals surface area contributed by atoms with Gasteiger partial charge in [-0.15, -0.1) is 0 Å². The van der Waals surface area contributed by atoms with Crippen molar-refractivity contribution >= 4 is 5.88 Å². The van der Waals surface area contributed by atoms with Gasteiger partial charge in [-0.1, -0.05) is 0 Å². The summed E-state index contributed by atoms with van der Waals surface area (Å²) < 4.78 is 10.2. The molecular weight excluding hydrogens is 144 g/mol. The summed E-state index contributed by atoms with van der Waals surface area (Å²) in [4.78, 5) is 3.87. The summed E-state index contributed by atoms with van der Waals surface area (Å²) in [6.45, 7) is 4.29. The third-order valence-corrected chi connectivity index (χ3v) is 1.11. The summed E-state index contributed by atoms with van der Waals surface area (Å²) in [7, 11) is 0. The van der Waals surface area contributed by atoms with E-state index >= 15 is 0 Å². The maximum Gasteiger partial charge on any atom is 0.222 e. The largest absolute Gasteiger partial charge is 0.423 e. The van der Waals surface area contributed by atoms with Crippen LogP contribution in [0.4, 0.5) is 5.88 Å². The second-order valence-electron chi connectivity index (χ2n) is 2.52. The molecule has 1 aromatic heterocycles. The Morgan fingerprint density at radius 1 is 1.73 bits per heavy atom. The first-order valence-corrected chi connectivity index (χ1v) is 3.50. The van der Waals surface area contributed by atoms with E-state index in [1.165, 1.54) is 6.20 Å². The molecule has 1 aromatic rings. The Balaban J connectivity index is 2.39. The summed E-state index contributed by atoms with van der Waals surface area (Å²) >= 11 is 0. The first-order chi connectivity index (χ1) is 5.18. The van der Waals surface area contributed by atoms with Crippen molar-refractivity contribution in [3.05, 3.63) is 12.1 Å². The van der Waals surface area contributed by atoms with Gasteiger partial charge in [0.2, 0.25) is 11.8 Å². The Labute approximate surface area is 65.4 Å². The van der Waals surface area contributed by atoms with Crippen LogP contribution in [0.5, 0.6) is 0 Å². The molecule has 0 spiro atoms. The number of anilines is 1. The fraction of sp³-hybridized carbons (Fsp3) is 0.571. The van der Waals surface area contributed by atoms with Crippen molar-refractivity contribution in [3.63, 3.8) is 0 Å². The molecule has 0 fully saturated rings. The van der Waals surface area contributed by atoms with E-state index in [0.717, 1.165) is 0 Å². The third kappa shape index (κ3) is 2.59. The molecule has 0 aliphatic carbocycles. The van der Waals surface area contributed by atoms with Crippen LogP contribution in [0.3, 0.4) is 0 Å². The maximum absolute atomic E-state index is 5.30. The molecule has 1 rings (SSSR count). The lowest BCUT2D eigenvalue weighted by atomic mass is 10.5. The van der Waals surface area contributed by atoms with Gasteiger partial charge in [0, 0.05) is 0 Å². The highest BCUT2D eigenvalue weighted by Crippen LogP contribution is 2.06. The highest BCUT2D eigenvalue weighted by atomic mass is 16.5. The SMILES string of the molecule is CC(C)OCc1ncc(N)o1. The fourth-order valence-electron chi connectivity index (χ4n) is 0.629. The molecule has 0 saturated carbocycles. The molecular formula is C7H12N2O2. The normalized spacial score (nSPS) is 10.8. The first kappa shape index (κ1) is 8.07. The number of rotatable bonds is 3. The average Bonchev–Trinajstić information content (AvgIpc) is 2.31. The first-order valence-electron chi connectivity index (χ1n) is 3.50. The highest BCUT2D eigenvalue weighted by molar-refractivity contribution is 5.17. The molecule has 0 bridgehead atoms. The van der Waals surface area contributed by atoms with Gasteiger partial charge in [-0.05, 0) is 13.8 Å². The maximum atomic E-state index is 5.30. The molecule has 0 aliphatic heterocycles. The minimum Gasteiger partial charge on any atom is -0.423 e. The Bertz CT molecular complexity index is 220. The second kappa shape index (κ2) is 3.39. The van der Waals surface area contributed by atoms with E-state index in [9.17, 15) is 0 Å². The second-order valence-corrected chi connectivity index (χ2v) is 2.52. The van der Waals surface area contributed by atoms with Crippen LogP contribution in [0.15, 0.2) is 10.6 Å². The molecule has 0 aliphatic rings. The Hall–Kier alpha value is -1.03. The molecule has 0 unspecified atom stereocenters. The molecule has 0 atom stereocenters. The molecule has 1 heterocycles. The minimum absolute atomic E-state index is 0.183. The standard InChI is InChI=1S/C7H12N2O2/c1-5(2)10-4-7-9-3-6(8)11-7/h3,5H,4,8H2,1-2H3. The van der Waals surface area contributed by atoms with Crippen LogP contribution < -0.4 is 5.73 Å². The number of nitrogens with two attached hydrogens (primary N) is 1. The summed E-state index contributed by atoms with van der Waals surface area (Å²) in [5.74, 6) is 0.851. The van der Waals surface area contributed by atoms with Crippen molar-refractivity contribution in [1.82, 2.24) is 4.98 Å². The smallest absolute Gasteiger partial charge is 0.222 e. The van der Waals surface area contributed by atoms with E-state index in [1.807, 2.05) is 13.8 Å². The van der Waals surface area contributed by atoms with E-state index in [-0.39, 0.29) is 6.10 Å². The molecule has 0 saturated heterocycles. The third-order valence-electron chi connectivity index (χ3n) is 1.11. The summed E-state index contributed by atoms with van der Waals surface area (Å²) in [5.41, 5.74) is 5.30. The van der Waals surface area contributed by atoms with E-state index in [0.29, 0.717) is 18.4 Å².